The number of aliphatic carboxylic acids is 1. The molecule has 0 aromatic carbocycles. The van der Waals surface area contributed by atoms with E-state index in [1.807, 2.05) is 6.92 Å². The molecule has 1 N–H and O–H groups in total. The van der Waals surface area contributed by atoms with Gasteiger partial charge in [-0.3, -0.25) is 9.59 Å². The van der Waals surface area contributed by atoms with E-state index in [9.17, 15) is 9.59 Å². The highest BCUT2D eigenvalue weighted by atomic mass is 16.5. The van der Waals surface area contributed by atoms with Crippen LogP contribution in [0.2, 0.25) is 0 Å². The predicted molar refractivity (Wildman–Crippen MR) is 86.6 cm³/mol. The van der Waals surface area contributed by atoms with Crippen LogP contribution in [-0.2, 0) is 14.3 Å². The van der Waals surface area contributed by atoms with Gasteiger partial charge in [-0.1, -0.05) is 45.4 Å². The molecule has 0 radical (unpaired) electrons. The van der Waals surface area contributed by atoms with E-state index in [-0.39, 0.29) is 23.9 Å². The maximum absolute atomic E-state index is 12.1. The van der Waals surface area contributed by atoms with Gasteiger partial charge in [-0.05, 0) is 39.0 Å². The van der Waals surface area contributed by atoms with Crippen LogP contribution < -0.4 is 0 Å². The van der Waals surface area contributed by atoms with Gasteiger partial charge in [-0.2, -0.15) is 0 Å². The summed E-state index contributed by atoms with van der Waals surface area (Å²) in [5, 5.41) is 9.07. The van der Waals surface area contributed by atoms with Crippen molar-refractivity contribution in [2.75, 3.05) is 0 Å². The van der Waals surface area contributed by atoms with Gasteiger partial charge in [0.2, 0.25) is 0 Å². The molecule has 0 heterocycles. The minimum absolute atomic E-state index is 0.0520. The molecular weight excluding hydrogens is 280 g/mol. The average Bonchev–Trinajstić information content (AvgIpc) is 2.50. The lowest BCUT2D eigenvalue weighted by atomic mass is 9.81. The zero-order chi connectivity index (χ0) is 16.4. The molecule has 0 amide bonds. The fourth-order valence-electron chi connectivity index (χ4n) is 3.19. The van der Waals surface area contributed by atoms with Gasteiger partial charge >= 0.3 is 11.9 Å². The highest BCUT2D eigenvalue weighted by molar-refractivity contribution is 5.75. The average molecular weight is 312 g/mol. The molecule has 3 atom stereocenters. The van der Waals surface area contributed by atoms with Gasteiger partial charge in [0.05, 0.1) is 17.9 Å². The second-order valence-electron chi connectivity index (χ2n) is 6.70. The van der Waals surface area contributed by atoms with E-state index in [1.165, 1.54) is 32.1 Å². The third kappa shape index (κ3) is 7.28. The number of ether oxygens (including phenoxy) is 1. The molecule has 128 valence electrons. The quantitative estimate of drug-likeness (QED) is 0.474. The lowest BCUT2D eigenvalue weighted by Crippen LogP contribution is -2.30. The number of carboxylic acids is 1. The molecule has 0 aromatic rings. The van der Waals surface area contributed by atoms with E-state index in [1.54, 1.807) is 0 Å². The van der Waals surface area contributed by atoms with Crippen molar-refractivity contribution >= 4 is 11.9 Å². The number of hydrogen-bond acceptors (Lipinski definition) is 3. The first-order valence-corrected chi connectivity index (χ1v) is 8.97. The van der Waals surface area contributed by atoms with Crippen LogP contribution in [0.25, 0.3) is 0 Å². The van der Waals surface area contributed by atoms with Gasteiger partial charge in [0, 0.05) is 0 Å². The number of unbranched alkanes of at least 4 members (excludes halogenated alkanes) is 5. The van der Waals surface area contributed by atoms with Crippen molar-refractivity contribution in [3.63, 3.8) is 0 Å². The fourth-order valence-corrected chi connectivity index (χ4v) is 3.19. The van der Waals surface area contributed by atoms with Crippen LogP contribution in [0.3, 0.4) is 0 Å². The maximum atomic E-state index is 12.1. The van der Waals surface area contributed by atoms with Crippen molar-refractivity contribution in [2.24, 2.45) is 11.8 Å². The monoisotopic (exact) mass is 312 g/mol. The predicted octanol–water partition coefficient (Wildman–Crippen LogP) is 4.56. The zero-order valence-corrected chi connectivity index (χ0v) is 14.2. The van der Waals surface area contributed by atoms with Crippen molar-refractivity contribution in [1.82, 2.24) is 0 Å². The Morgan fingerprint density at radius 3 is 2.41 bits per heavy atom. The van der Waals surface area contributed by atoms with Gasteiger partial charge in [0.25, 0.3) is 0 Å². The van der Waals surface area contributed by atoms with E-state index in [2.05, 4.69) is 6.92 Å². The second kappa shape index (κ2) is 10.6. The first kappa shape index (κ1) is 19.0. The van der Waals surface area contributed by atoms with Crippen molar-refractivity contribution in [3.8, 4) is 0 Å². The SMILES string of the molecule is CCCCCCCCC(C)OC(=O)C1CCCC(C(=O)O)C1. The molecule has 1 aliphatic rings. The number of carboxylic acid groups (broad SMARTS) is 1. The Hall–Kier alpha value is -1.06. The Morgan fingerprint density at radius 2 is 1.73 bits per heavy atom. The Bertz CT molecular complexity index is 340. The smallest absolute Gasteiger partial charge is 0.309 e. The lowest BCUT2D eigenvalue weighted by molar-refractivity contribution is -0.156. The molecule has 4 nitrogen and oxygen atoms in total. The number of carbonyl (C=O) groups excluding carboxylic acids is 1. The third-order valence-corrected chi connectivity index (χ3v) is 4.64. The van der Waals surface area contributed by atoms with Crippen LogP contribution in [0.1, 0.15) is 84.5 Å². The summed E-state index contributed by atoms with van der Waals surface area (Å²) in [5.74, 6) is -1.57. The van der Waals surface area contributed by atoms with E-state index in [0.717, 1.165) is 25.7 Å². The van der Waals surface area contributed by atoms with Crippen molar-refractivity contribution in [1.29, 1.82) is 0 Å². The molecule has 1 fully saturated rings. The van der Waals surface area contributed by atoms with Crippen LogP contribution in [0.4, 0.5) is 0 Å². The van der Waals surface area contributed by atoms with Crippen molar-refractivity contribution in [2.45, 2.75) is 90.6 Å². The molecule has 22 heavy (non-hydrogen) atoms. The molecule has 0 aromatic heterocycles. The van der Waals surface area contributed by atoms with Crippen molar-refractivity contribution < 1.29 is 19.4 Å². The summed E-state index contributed by atoms with van der Waals surface area (Å²) in [4.78, 5) is 23.2. The van der Waals surface area contributed by atoms with E-state index >= 15 is 0 Å². The first-order chi connectivity index (χ1) is 10.5. The van der Waals surface area contributed by atoms with E-state index in [4.69, 9.17) is 9.84 Å². The van der Waals surface area contributed by atoms with Crippen LogP contribution >= 0.6 is 0 Å². The summed E-state index contributed by atoms with van der Waals surface area (Å²) < 4.78 is 5.51. The molecule has 4 heteroatoms. The number of rotatable bonds is 10. The van der Waals surface area contributed by atoms with Gasteiger partial charge in [-0.25, -0.2) is 0 Å². The minimum Gasteiger partial charge on any atom is -0.481 e. The number of esters is 1. The summed E-state index contributed by atoms with van der Waals surface area (Å²) in [6, 6.07) is 0. The van der Waals surface area contributed by atoms with Crippen molar-refractivity contribution in [3.05, 3.63) is 0 Å². The van der Waals surface area contributed by atoms with E-state index in [0.29, 0.717) is 12.8 Å². The molecule has 0 aliphatic heterocycles. The molecule has 1 rings (SSSR count). The number of hydrogen-bond donors (Lipinski definition) is 1. The highest BCUT2D eigenvalue weighted by Crippen LogP contribution is 2.30. The number of carbonyl (C=O) groups is 2. The summed E-state index contributed by atoms with van der Waals surface area (Å²) >= 11 is 0. The molecule has 1 saturated carbocycles. The summed E-state index contributed by atoms with van der Waals surface area (Å²) in [7, 11) is 0. The third-order valence-electron chi connectivity index (χ3n) is 4.64. The highest BCUT2D eigenvalue weighted by Gasteiger charge is 2.32. The first-order valence-electron chi connectivity index (χ1n) is 8.97. The minimum atomic E-state index is -0.780. The Kier molecular flexibility index (Phi) is 9.17. The maximum Gasteiger partial charge on any atom is 0.309 e. The lowest BCUT2D eigenvalue weighted by Gasteiger charge is -2.26. The normalized spacial score (nSPS) is 23.0. The largest absolute Gasteiger partial charge is 0.481 e. The summed E-state index contributed by atoms with van der Waals surface area (Å²) in [6.07, 6.45) is 11.0. The molecule has 0 saturated heterocycles. The second-order valence-corrected chi connectivity index (χ2v) is 6.70. The summed E-state index contributed by atoms with van der Waals surface area (Å²) in [5.41, 5.74) is 0. The van der Waals surface area contributed by atoms with Gasteiger partial charge in [-0.15, -0.1) is 0 Å². The van der Waals surface area contributed by atoms with Crippen LogP contribution in [0, 0.1) is 11.8 Å². The van der Waals surface area contributed by atoms with Gasteiger partial charge in [0.15, 0.2) is 0 Å². The molecule has 0 spiro atoms. The summed E-state index contributed by atoms with van der Waals surface area (Å²) in [6.45, 7) is 4.16. The fraction of sp³-hybridized carbons (Fsp3) is 0.889. The topological polar surface area (TPSA) is 63.6 Å². The van der Waals surface area contributed by atoms with Gasteiger partial charge < -0.3 is 9.84 Å². The molecule has 0 bridgehead atoms. The van der Waals surface area contributed by atoms with Crippen LogP contribution in [-0.4, -0.2) is 23.1 Å². The van der Waals surface area contributed by atoms with Crippen LogP contribution in [0.5, 0.6) is 0 Å². The molecule has 3 unspecified atom stereocenters. The Balaban J connectivity index is 2.19. The van der Waals surface area contributed by atoms with Crippen LogP contribution in [0.15, 0.2) is 0 Å². The van der Waals surface area contributed by atoms with E-state index < -0.39 is 5.97 Å². The Morgan fingerprint density at radius 1 is 1.09 bits per heavy atom. The Labute approximate surface area is 134 Å². The molecular formula is C18H32O4. The van der Waals surface area contributed by atoms with Gasteiger partial charge in [0.1, 0.15) is 0 Å². The zero-order valence-electron chi connectivity index (χ0n) is 14.2. The standard InChI is InChI=1S/C18H32O4/c1-3-4-5-6-7-8-10-14(2)22-18(21)16-12-9-11-15(13-16)17(19)20/h14-16H,3-13H2,1-2H3,(H,19,20). The molecule has 1 aliphatic carbocycles.